The molecule has 0 saturated carbocycles. The highest BCUT2D eigenvalue weighted by atomic mass is 32.1. The molecule has 1 aromatic rings. The van der Waals surface area contributed by atoms with Gasteiger partial charge in [0.15, 0.2) is 0 Å². The molecule has 0 amide bonds. The van der Waals surface area contributed by atoms with Crippen molar-refractivity contribution in [1.82, 2.24) is 4.90 Å². The van der Waals surface area contributed by atoms with Crippen molar-refractivity contribution >= 4 is 22.9 Å². The Kier molecular flexibility index (Phi) is 4.62. The molecule has 4 nitrogen and oxygen atoms in total. The van der Waals surface area contributed by atoms with Crippen LogP contribution in [0, 0.1) is 0 Å². The molecule has 0 radical (unpaired) electrons. The predicted molar refractivity (Wildman–Crippen MR) is 87.3 cm³/mol. The van der Waals surface area contributed by atoms with Gasteiger partial charge >= 0.3 is 0 Å². The molecule has 3 N–H and O–H groups in total. The van der Waals surface area contributed by atoms with E-state index in [1.807, 2.05) is 32.0 Å². The van der Waals surface area contributed by atoms with Gasteiger partial charge in [0, 0.05) is 44.0 Å². The number of benzene rings is 1. The van der Waals surface area contributed by atoms with E-state index in [1.54, 1.807) is 0 Å². The zero-order valence-electron chi connectivity index (χ0n) is 12.2. The fraction of sp³-hybridized carbons (Fsp3) is 0.533. The van der Waals surface area contributed by atoms with Crippen LogP contribution in [0.1, 0.15) is 19.4 Å². The van der Waals surface area contributed by atoms with Crippen molar-refractivity contribution in [3.63, 3.8) is 0 Å². The molecule has 2 rings (SSSR count). The van der Waals surface area contributed by atoms with Crippen LogP contribution in [0.2, 0.25) is 0 Å². The largest absolute Gasteiger partial charge is 0.389 e. The summed E-state index contributed by atoms with van der Waals surface area (Å²) in [6, 6.07) is 8.02. The van der Waals surface area contributed by atoms with Crippen molar-refractivity contribution < 1.29 is 5.11 Å². The third kappa shape index (κ3) is 3.91. The lowest BCUT2D eigenvalue weighted by Gasteiger charge is -2.39. The first-order valence-electron chi connectivity index (χ1n) is 6.95. The van der Waals surface area contributed by atoms with E-state index in [1.165, 1.54) is 0 Å². The predicted octanol–water partition coefficient (Wildman–Crippen LogP) is 1.21. The molecule has 0 atom stereocenters. The smallest absolute Gasteiger partial charge is 0.106 e. The number of β-amino-alcohol motifs (C(OH)–C–C–N with tert-alkyl or cyclic N) is 1. The maximum atomic E-state index is 9.88. The second-order valence-corrected chi connectivity index (χ2v) is 6.40. The number of thiocarbonyl (C=S) groups is 1. The molecule has 0 unspecified atom stereocenters. The van der Waals surface area contributed by atoms with Crippen molar-refractivity contribution in [3.05, 3.63) is 29.8 Å². The highest BCUT2D eigenvalue weighted by Crippen LogP contribution is 2.22. The molecule has 1 heterocycles. The molecular formula is C15H23N3OS. The number of hydrogen-bond donors (Lipinski definition) is 2. The average molecular weight is 293 g/mol. The normalized spacial score (nSPS) is 17.2. The van der Waals surface area contributed by atoms with Crippen LogP contribution in [0.25, 0.3) is 0 Å². The lowest BCUT2D eigenvalue weighted by Crippen LogP contribution is -2.50. The molecule has 1 aromatic carbocycles. The van der Waals surface area contributed by atoms with Gasteiger partial charge in [-0.05, 0) is 26.0 Å². The van der Waals surface area contributed by atoms with E-state index in [9.17, 15) is 5.11 Å². The summed E-state index contributed by atoms with van der Waals surface area (Å²) < 4.78 is 0. The number of nitrogens with two attached hydrogens (primary N) is 1. The van der Waals surface area contributed by atoms with Crippen molar-refractivity contribution in [2.45, 2.75) is 19.4 Å². The SMILES string of the molecule is CC(C)(O)CN1CCN(c2ccccc2C(N)=S)CC1. The van der Waals surface area contributed by atoms with E-state index in [2.05, 4.69) is 15.9 Å². The second-order valence-electron chi connectivity index (χ2n) is 5.96. The van der Waals surface area contributed by atoms with Gasteiger partial charge in [0.2, 0.25) is 0 Å². The van der Waals surface area contributed by atoms with Crippen molar-refractivity contribution in [2.75, 3.05) is 37.6 Å². The van der Waals surface area contributed by atoms with Gasteiger partial charge in [0.05, 0.1) is 5.60 Å². The second kappa shape index (κ2) is 6.08. The van der Waals surface area contributed by atoms with Crippen molar-refractivity contribution in [1.29, 1.82) is 0 Å². The van der Waals surface area contributed by atoms with Crippen LogP contribution in [0.5, 0.6) is 0 Å². The molecular weight excluding hydrogens is 270 g/mol. The van der Waals surface area contributed by atoms with Gasteiger partial charge in [-0.25, -0.2) is 0 Å². The van der Waals surface area contributed by atoms with E-state index in [0.29, 0.717) is 11.5 Å². The molecule has 5 heteroatoms. The van der Waals surface area contributed by atoms with E-state index in [4.69, 9.17) is 18.0 Å². The molecule has 110 valence electrons. The van der Waals surface area contributed by atoms with E-state index in [-0.39, 0.29) is 0 Å². The Morgan fingerprint density at radius 2 is 1.85 bits per heavy atom. The van der Waals surface area contributed by atoms with Gasteiger partial charge in [-0.2, -0.15) is 0 Å². The maximum absolute atomic E-state index is 9.88. The fourth-order valence-corrected chi connectivity index (χ4v) is 2.82. The Hall–Kier alpha value is -1.17. The quantitative estimate of drug-likeness (QED) is 0.818. The molecule has 0 aromatic heterocycles. The summed E-state index contributed by atoms with van der Waals surface area (Å²) in [6.45, 7) is 8.14. The van der Waals surface area contributed by atoms with Gasteiger partial charge < -0.3 is 15.7 Å². The zero-order valence-corrected chi connectivity index (χ0v) is 13.0. The van der Waals surface area contributed by atoms with E-state index < -0.39 is 5.60 Å². The van der Waals surface area contributed by atoms with Gasteiger partial charge in [-0.1, -0.05) is 24.4 Å². The fourth-order valence-electron chi connectivity index (χ4n) is 2.65. The Morgan fingerprint density at radius 3 is 2.40 bits per heavy atom. The standard InChI is InChI=1S/C15H23N3OS/c1-15(2,19)11-17-7-9-18(10-8-17)13-6-4-3-5-12(13)14(16)20/h3-6,19H,7-11H2,1-2H3,(H2,16,20). The summed E-state index contributed by atoms with van der Waals surface area (Å²) in [4.78, 5) is 5.05. The molecule has 20 heavy (non-hydrogen) atoms. The third-order valence-corrected chi connectivity index (χ3v) is 3.71. The number of para-hydroxylation sites is 1. The Bertz CT molecular complexity index is 476. The van der Waals surface area contributed by atoms with Gasteiger partial charge in [-0.15, -0.1) is 0 Å². The summed E-state index contributed by atoms with van der Waals surface area (Å²) in [5.41, 5.74) is 7.21. The summed E-state index contributed by atoms with van der Waals surface area (Å²) in [5.74, 6) is 0. The minimum atomic E-state index is -0.640. The number of rotatable bonds is 4. The number of hydrogen-bond acceptors (Lipinski definition) is 4. The number of piperazine rings is 1. The summed E-state index contributed by atoms with van der Waals surface area (Å²) >= 11 is 5.12. The lowest BCUT2D eigenvalue weighted by molar-refractivity contribution is 0.0345. The summed E-state index contributed by atoms with van der Waals surface area (Å²) in [7, 11) is 0. The monoisotopic (exact) mass is 293 g/mol. The Morgan fingerprint density at radius 1 is 1.25 bits per heavy atom. The molecule has 1 fully saturated rings. The topological polar surface area (TPSA) is 52.7 Å². The minimum Gasteiger partial charge on any atom is -0.389 e. The van der Waals surface area contributed by atoms with Crippen molar-refractivity contribution in [3.8, 4) is 0 Å². The van der Waals surface area contributed by atoms with Gasteiger partial charge in [0.1, 0.15) is 4.99 Å². The molecule has 0 bridgehead atoms. The molecule has 1 aliphatic rings. The first kappa shape index (κ1) is 15.2. The van der Waals surface area contributed by atoms with Crippen LogP contribution < -0.4 is 10.6 Å². The molecule has 1 saturated heterocycles. The summed E-state index contributed by atoms with van der Waals surface area (Å²) in [5, 5.41) is 9.88. The number of nitrogens with zero attached hydrogens (tertiary/aromatic N) is 2. The molecule has 0 spiro atoms. The van der Waals surface area contributed by atoms with E-state index >= 15 is 0 Å². The maximum Gasteiger partial charge on any atom is 0.106 e. The van der Waals surface area contributed by atoms with Crippen LogP contribution in [-0.4, -0.2) is 53.3 Å². The van der Waals surface area contributed by atoms with Crippen LogP contribution in [0.3, 0.4) is 0 Å². The molecule has 0 aliphatic carbocycles. The highest BCUT2D eigenvalue weighted by molar-refractivity contribution is 7.80. The summed E-state index contributed by atoms with van der Waals surface area (Å²) in [6.07, 6.45) is 0. The number of anilines is 1. The first-order valence-corrected chi connectivity index (χ1v) is 7.36. The first-order chi connectivity index (χ1) is 9.37. The van der Waals surface area contributed by atoms with Crippen LogP contribution in [0.4, 0.5) is 5.69 Å². The Balaban J connectivity index is 2.03. The van der Waals surface area contributed by atoms with Crippen LogP contribution in [-0.2, 0) is 0 Å². The van der Waals surface area contributed by atoms with Crippen LogP contribution in [0.15, 0.2) is 24.3 Å². The highest BCUT2D eigenvalue weighted by Gasteiger charge is 2.23. The zero-order chi connectivity index (χ0) is 14.8. The minimum absolute atomic E-state index is 0.444. The van der Waals surface area contributed by atoms with E-state index in [0.717, 1.165) is 37.4 Å². The average Bonchev–Trinajstić information content (AvgIpc) is 2.38. The van der Waals surface area contributed by atoms with Gasteiger partial charge in [-0.3, -0.25) is 4.90 Å². The van der Waals surface area contributed by atoms with Crippen molar-refractivity contribution in [2.24, 2.45) is 5.73 Å². The number of aliphatic hydroxyl groups is 1. The molecule has 1 aliphatic heterocycles. The lowest BCUT2D eigenvalue weighted by atomic mass is 10.1. The third-order valence-electron chi connectivity index (χ3n) is 3.49. The Labute approximate surface area is 126 Å². The van der Waals surface area contributed by atoms with Gasteiger partial charge in [0.25, 0.3) is 0 Å². The van der Waals surface area contributed by atoms with Crippen LogP contribution >= 0.6 is 12.2 Å².